The van der Waals surface area contributed by atoms with E-state index in [2.05, 4.69) is 0 Å². The van der Waals surface area contributed by atoms with Gasteiger partial charge in [-0.25, -0.2) is 0 Å². The van der Waals surface area contributed by atoms with Crippen molar-refractivity contribution in [1.29, 1.82) is 0 Å². The Morgan fingerprint density at radius 3 is 1.69 bits per heavy atom. The summed E-state index contributed by atoms with van der Waals surface area (Å²) in [5.41, 5.74) is 0.361. The number of fused-ring (bicyclic) bond motifs is 9. The first-order valence-electron chi connectivity index (χ1n) is 22.6. The quantitative estimate of drug-likeness (QED) is 0.145. The van der Waals surface area contributed by atoms with E-state index in [-0.39, 0.29) is 38.1 Å². The molecule has 1 heterocycles. The van der Waals surface area contributed by atoms with Gasteiger partial charge in [-0.2, -0.15) is 0 Å². The molecule has 0 saturated carbocycles. The Bertz CT molecular complexity index is 3700. The van der Waals surface area contributed by atoms with Crippen molar-refractivity contribution in [2.75, 3.05) is 0 Å². The van der Waals surface area contributed by atoms with E-state index in [1.807, 2.05) is 36.4 Å². The third kappa shape index (κ3) is 3.62. The predicted octanol–water partition coefficient (Wildman–Crippen LogP) is 12.7. The molecule has 0 aliphatic rings. The molecule has 0 unspecified atom stereocenters. The third-order valence-electron chi connectivity index (χ3n) is 8.31. The van der Waals surface area contributed by atoms with Gasteiger partial charge in [0.25, 0.3) is 0 Å². The summed E-state index contributed by atoms with van der Waals surface area (Å²) in [5, 5.41) is 0.420. The molecule has 0 atom stereocenters. The van der Waals surface area contributed by atoms with Crippen LogP contribution in [0.5, 0.6) is 0 Å². The van der Waals surface area contributed by atoms with E-state index in [0.717, 1.165) is 10.8 Å². The average molecular weight is 588 g/mol. The van der Waals surface area contributed by atoms with Gasteiger partial charge in [0.05, 0.1) is 23.3 Å². The molecule has 10 rings (SSSR count). The van der Waals surface area contributed by atoms with Gasteiger partial charge >= 0.3 is 0 Å². The average Bonchev–Trinajstić information content (AvgIpc) is 3.62. The van der Waals surface area contributed by atoms with Crippen LogP contribution >= 0.6 is 0 Å². The lowest BCUT2D eigenvalue weighted by atomic mass is 9.85. The van der Waals surface area contributed by atoms with Crippen LogP contribution in [0.2, 0.25) is 0 Å². The lowest BCUT2D eigenvalue weighted by Crippen LogP contribution is -1.91. The monoisotopic (exact) mass is 587 g/mol. The highest BCUT2D eigenvalue weighted by Gasteiger charge is 2.18. The van der Waals surface area contributed by atoms with Gasteiger partial charge in [-0.05, 0) is 106 Å². The summed E-state index contributed by atoms with van der Waals surface area (Å²) in [7, 11) is 0. The van der Waals surface area contributed by atoms with Crippen LogP contribution in [-0.2, 0) is 0 Å². The van der Waals surface area contributed by atoms with Crippen LogP contribution < -0.4 is 0 Å². The van der Waals surface area contributed by atoms with Crippen LogP contribution in [0.25, 0.3) is 98.1 Å². The van der Waals surface area contributed by atoms with Crippen molar-refractivity contribution in [3.63, 3.8) is 0 Å². The molecule has 0 aliphatic heterocycles. The second-order valence-electron chi connectivity index (χ2n) is 10.8. The minimum Gasteiger partial charge on any atom is -0.456 e. The summed E-state index contributed by atoms with van der Waals surface area (Å²) in [6, 6.07) is 4.69. The summed E-state index contributed by atoms with van der Waals surface area (Å²) in [4.78, 5) is 0. The summed E-state index contributed by atoms with van der Waals surface area (Å²) in [6.07, 6.45) is 0. The Labute approximate surface area is 283 Å². The number of furan rings is 1. The van der Waals surface area contributed by atoms with Gasteiger partial charge < -0.3 is 4.42 Å². The van der Waals surface area contributed by atoms with Crippen molar-refractivity contribution < 1.29 is 27.7 Å². The van der Waals surface area contributed by atoms with Gasteiger partial charge in [-0.3, -0.25) is 0 Å². The number of hydrogen-bond donors (Lipinski definition) is 0. The minimum absolute atomic E-state index is 0.00338. The molecule has 0 bridgehead atoms. The maximum absolute atomic E-state index is 9.67. The predicted molar refractivity (Wildman–Crippen MR) is 192 cm³/mol. The Kier molecular flexibility index (Phi) is 2.76. The molecule has 1 aromatic heterocycles. The van der Waals surface area contributed by atoms with E-state index >= 15 is 0 Å². The second kappa shape index (κ2) is 9.29. The van der Waals surface area contributed by atoms with Crippen molar-refractivity contribution >= 4 is 75.8 Å². The summed E-state index contributed by atoms with van der Waals surface area (Å²) < 4.78 is 159. The van der Waals surface area contributed by atoms with E-state index < -0.39 is 130 Å². The Hall–Kier alpha value is -5.92. The van der Waals surface area contributed by atoms with Crippen molar-refractivity contribution in [3.05, 3.63) is 157 Å². The first kappa shape index (κ1) is 13.4. The van der Waals surface area contributed by atoms with Gasteiger partial charge in [-0.15, -0.1) is 0 Å². The highest BCUT2D eigenvalue weighted by Crippen LogP contribution is 2.45. The van der Waals surface area contributed by atoms with Crippen LogP contribution in [0.3, 0.4) is 0 Å². The molecule has 0 spiro atoms. The van der Waals surface area contributed by atoms with Crippen LogP contribution in [0.15, 0.2) is 162 Å². The molecule has 0 radical (unpaired) electrons. The van der Waals surface area contributed by atoms with E-state index in [1.54, 1.807) is 18.2 Å². The molecule has 10 aromatic rings. The molecule has 45 heavy (non-hydrogen) atoms. The third-order valence-corrected chi connectivity index (χ3v) is 8.31. The molecule has 1 heteroatoms. The van der Waals surface area contributed by atoms with Gasteiger partial charge in [0.1, 0.15) is 11.2 Å². The molecule has 1 nitrogen and oxygen atoms in total. The molecule has 0 aliphatic carbocycles. The summed E-state index contributed by atoms with van der Waals surface area (Å²) in [5.74, 6) is 0. The highest BCUT2D eigenvalue weighted by atomic mass is 16.3. The molecule has 0 N–H and O–H groups in total. The van der Waals surface area contributed by atoms with Crippen molar-refractivity contribution in [3.8, 4) is 22.3 Å². The number of rotatable bonds is 2. The number of hydrogen-bond acceptors (Lipinski definition) is 1. The van der Waals surface area contributed by atoms with Gasteiger partial charge in [-0.1, -0.05) is 127 Å². The topological polar surface area (TPSA) is 13.1 Å². The molecule has 9 aromatic carbocycles. The van der Waals surface area contributed by atoms with Gasteiger partial charge in [0.15, 0.2) is 0 Å². The van der Waals surface area contributed by atoms with E-state index in [9.17, 15) is 9.60 Å². The summed E-state index contributed by atoms with van der Waals surface area (Å²) in [6.45, 7) is 0. The van der Waals surface area contributed by atoms with Gasteiger partial charge in [0.2, 0.25) is 0 Å². The fraction of sp³-hybridized carbons (Fsp3) is 0. The fourth-order valence-electron chi connectivity index (χ4n) is 6.31. The Balaban J connectivity index is 1.45. The molecule has 208 valence electrons. The second-order valence-corrected chi connectivity index (χ2v) is 10.8. The lowest BCUT2D eigenvalue weighted by molar-refractivity contribution is 0.669. The molecular formula is C44H26O. The van der Waals surface area contributed by atoms with Crippen molar-refractivity contribution in [2.45, 2.75) is 0 Å². The Morgan fingerprint density at radius 2 is 0.956 bits per heavy atom. The van der Waals surface area contributed by atoms with Crippen molar-refractivity contribution in [1.82, 2.24) is 0 Å². The maximum atomic E-state index is 9.67. The van der Waals surface area contributed by atoms with Crippen LogP contribution in [-0.4, -0.2) is 0 Å². The fourth-order valence-corrected chi connectivity index (χ4v) is 6.31. The van der Waals surface area contributed by atoms with E-state index in [1.165, 1.54) is 0 Å². The van der Waals surface area contributed by atoms with E-state index in [0.29, 0.717) is 21.9 Å². The molecular weight excluding hydrogens is 544 g/mol. The first-order chi connectivity index (χ1) is 29.4. The molecule has 0 fully saturated rings. The molecule has 0 amide bonds. The zero-order valence-corrected chi connectivity index (χ0v) is 23.1. The normalized spacial score (nSPS) is 17.3. The van der Waals surface area contributed by atoms with E-state index in [4.69, 9.17) is 18.1 Å². The largest absolute Gasteiger partial charge is 0.456 e. The maximum Gasteiger partial charge on any atom is 0.136 e. The Morgan fingerprint density at radius 1 is 0.378 bits per heavy atom. The molecule has 0 saturated heterocycles. The summed E-state index contributed by atoms with van der Waals surface area (Å²) >= 11 is 0. The van der Waals surface area contributed by atoms with Crippen LogP contribution in [0.4, 0.5) is 0 Å². The smallest absolute Gasteiger partial charge is 0.136 e. The highest BCUT2D eigenvalue weighted by molar-refractivity contribution is 6.23. The van der Waals surface area contributed by atoms with Crippen LogP contribution in [0.1, 0.15) is 23.3 Å². The minimum atomic E-state index is -0.790. The zero-order valence-electron chi connectivity index (χ0n) is 40.1. The first-order valence-corrected chi connectivity index (χ1v) is 14.1. The van der Waals surface area contributed by atoms with Crippen molar-refractivity contribution in [2.24, 2.45) is 0 Å². The number of benzene rings is 9. The van der Waals surface area contributed by atoms with Gasteiger partial charge in [0, 0.05) is 10.8 Å². The SMILES string of the molecule is [2H]c1c([2H])c([2H])c2c(-c3c([2H])c([2H])c4c(c3[2H])c([2H])c([2H])c3c([2H])c([2H])c([2H])c([2H])c34)c3c([2H])c([2H])c([2H])c([2H])c3c(-c3ccc4oc5cc6ccccc6cc5c4c3)c2c1[2H]. The van der Waals surface area contributed by atoms with Crippen LogP contribution in [0, 0.1) is 0 Å². The standard InChI is InChI=1S/C44H26O/c1-2-11-29-26-42-40(24-28(29)10-1)39-25-32(20-22-41(39)45-42)44-37-15-7-5-13-35(37)43(36-14-6-8-16-38(36)44)31-19-21-34-30(23-31)18-17-27-9-3-4-12-33(27)34/h1-26H/i3D,4D,5D,6D,7D,8D,9D,12D,13D,14D,15D,16D,17D,18D,19D,21D,23D. The lowest BCUT2D eigenvalue weighted by Gasteiger charge is -2.18. The zero-order chi connectivity index (χ0) is 44.3.